The molecule has 2 aliphatic rings. The van der Waals surface area contributed by atoms with Gasteiger partial charge in [0.05, 0.1) is 6.54 Å². The summed E-state index contributed by atoms with van der Waals surface area (Å²) in [7, 11) is 0. The number of likely N-dealkylation sites (tertiary alicyclic amines) is 1. The molecule has 0 bridgehead atoms. The molecule has 2 aliphatic heterocycles. The van der Waals surface area contributed by atoms with Crippen LogP contribution in [0.1, 0.15) is 26.7 Å². The Morgan fingerprint density at radius 3 is 2.58 bits per heavy atom. The van der Waals surface area contributed by atoms with Gasteiger partial charge in [-0.1, -0.05) is 13.8 Å². The maximum absolute atomic E-state index is 13.0. The summed E-state index contributed by atoms with van der Waals surface area (Å²) in [5.41, 5.74) is 0. The van der Waals surface area contributed by atoms with Gasteiger partial charge in [-0.3, -0.25) is 4.79 Å². The first kappa shape index (κ1) is 19.1. The first-order chi connectivity index (χ1) is 12.5. The summed E-state index contributed by atoms with van der Waals surface area (Å²) in [6.45, 7) is 8.74. The fourth-order valence-corrected chi connectivity index (χ4v) is 3.75. The van der Waals surface area contributed by atoms with Gasteiger partial charge in [-0.15, -0.1) is 0 Å². The minimum absolute atomic E-state index is 0.0744. The highest BCUT2D eigenvalue weighted by Gasteiger charge is 2.33. The average molecular weight is 364 g/mol. The minimum Gasteiger partial charge on any atom is -0.491 e. The number of hydrogen-bond acceptors (Lipinski definition) is 4. The zero-order valence-corrected chi connectivity index (χ0v) is 15.7. The summed E-state index contributed by atoms with van der Waals surface area (Å²) in [6.07, 6.45) is 1.89. The van der Waals surface area contributed by atoms with Crippen LogP contribution in [0.3, 0.4) is 0 Å². The van der Waals surface area contributed by atoms with Crippen molar-refractivity contribution in [1.82, 2.24) is 9.80 Å². The standard InChI is InChI=1S/C20H29FN2O3/c1-15(2)11-22-9-7-17(8-10-22)23-12-19(26-14-20(23)24)13-25-18-5-3-16(21)4-6-18/h3-6,15,17,19H,7-14H2,1-2H3. The predicted molar refractivity (Wildman–Crippen MR) is 97.6 cm³/mol. The van der Waals surface area contributed by atoms with Gasteiger partial charge in [0.2, 0.25) is 5.91 Å². The van der Waals surface area contributed by atoms with Gasteiger partial charge in [-0.25, -0.2) is 4.39 Å². The summed E-state index contributed by atoms with van der Waals surface area (Å²) in [5, 5.41) is 0. The lowest BCUT2D eigenvalue weighted by atomic mass is 10.0. The van der Waals surface area contributed by atoms with Gasteiger partial charge in [0, 0.05) is 25.7 Å². The molecule has 1 amide bonds. The van der Waals surface area contributed by atoms with Crippen LogP contribution in [0.2, 0.25) is 0 Å². The molecule has 26 heavy (non-hydrogen) atoms. The number of amides is 1. The van der Waals surface area contributed by atoms with E-state index in [-0.39, 0.29) is 24.4 Å². The highest BCUT2D eigenvalue weighted by Crippen LogP contribution is 2.21. The second-order valence-electron chi connectivity index (χ2n) is 7.67. The fraction of sp³-hybridized carbons (Fsp3) is 0.650. The van der Waals surface area contributed by atoms with E-state index in [0.717, 1.165) is 32.5 Å². The number of carbonyl (C=O) groups is 1. The number of nitrogens with zero attached hydrogens (tertiary/aromatic N) is 2. The van der Waals surface area contributed by atoms with E-state index in [1.54, 1.807) is 12.1 Å². The van der Waals surface area contributed by atoms with Crippen LogP contribution in [0.5, 0.6) is 5.75 Å². The third kappa shape index (κ3) is 5.17. The number of benzene rings is 1. The third-order valence-corrected chi connectivity index (χ3v) is 5.03. The zero-order chi connectivity index (χ0) is 18.5. The maximum Gasteiger partial charge on any atom is 0.248 e. The Balaban J connectivity index is 1.49. The summed E-state index contributed by atoms with van der Waals surface area (Å²) in [4.78, 5) is 16.8. The van der Waals surface area contributed by atoms with E-state index in [2.05, 4.69) is 18.7 Å². The van der Waals surface area contributed by atoms with Crippen LogP contribution < -0.4 is 4.74 Å². The molecule has 0 aliphatic carbocycles. The molecule has 1 aromatic rings. The Morgan fingerprint density at radius 1 is 1.23 bits per heavy atom. The topological polar surface area (TPSA) is 42.0 Å². The molecular formula is C20H29FN2O3. The number of carbonyl (C=O) groups excluding carboxylic acids is 1. The normalized spacial score (nSPS) is 22.8. The highest BCUT2D eigenvalue weighted by molar-refractivity contribution is 5.78. The van der Waals surface area contributed by atoms with Crippen LogP contribution in [0.15, 0.2) is 24.3 Å². The van der Waals surface area contributed by atoms with Gasteiger partial charge in [0.15, 0.2) is 0 Å². The lowest BCUT2D eigenvalue weighted by Crippen LogP contribution is -2.55. The van der Waals surface area contributed by atoms with Gasteiger partial charge in [-0.2, -0.15) is 0 Å². The zero-order valence-electron chi connectivity index (χ0n) is 15.7. The van der Waals surface area contributed by atoms with Crippen LogP contribution in [-0.2, 0) is 9.53 Å². The van der Waals surface area contributed by atoms with Crippen LogP contribution in [0, 0.1) is 11.7 Å². The van der Waals surface area contributed by atoms with Crippen LogP contribution in [-0.4, -0.2) is 67.2 Å². The van der Waals surface area contributed by atoms with E-state index in [1.807, 2.05) is 4.90 Å². The van der Waals surface area contributed by atoms with Crippen LogP contribution >= 0.6 is 0 Å². The summed E-state index contributed by atoms with van der Waals surface area (Å²) >= 11 is 0. The Bertz CT molecular complexity index is 585. The molecule has 2 fully saturated rings. The van der Waals surface area contributed by atoms with Crippen molar-refractivity contribution >= 4 is 5.91 Å². The van der Waals surface area contributed by atoms with Gasteiger partial charge in [0.25, 0.3) is 0 Å². The van der Waals surface area contributed by atoms with Crippen molar-refractivity contribution in [3.8, 4) is 5.75 Å². The van der Waals surface area contributed by atoms with Crippen molar-refractivity contribution in [2.75, 3.05) is 39.4 Å². The SMILES string of the molecule is CC(C)CN1CCC(N2CC(COc3ccc(F)cc3)OCC2=O)CC1. The molecule has 2 heterocycles. The molecule has 0 radical (unpaired) electrons. The van der Waals surface area contributed by atoms with Gasteiger partial charge >= 0.3 is 0 Å². The molecule has 2 saturated heterocycles. The minimum atomic E-state index is -0.285. The molecule has 1 unspecified atom stereocenters. The van der Waals surface area contributed by atoms with E-state index in [4.69, 9.17) is 9.47 Å². The lowest BCUT2D eigenvalue weighted by Gasteiger charge is -2.42. The maximum atomic E-state index is 13.0. The summed E-state index contributed by atoms with van der Waals surface area (Å²) in [5.74, 6) is 1.07. The number of halogens is 1. The Kier molecular flexibility index (Phi) is 6.48. The molecule has 0 saturated carbocycles. The van der Waals surface area contributed by atoms with Gasteiger partial charge in [0.1, 0.15) is 30.9 Å². The summed E-state index contributed by atoms with van der Waals surface area (Å²) < 4.78 is 24.3. The highest BCUT2D eigenvalue weighted by atomic mass is 19.1. The Morgan fingerprint density at radius 2 is 1.92 bits per heavy atom. The number of ether oxygens (including phenoxy) is 2. The van der Waals surface area contributed by atoms with Gasteiger partial charge in [-0.05, 0) is 43.0 Å². The van der Waals surface area contributed by atoms with Crippen LogP contribution in [0.4, 0.5) is 4.39 Å². The van der Waals surface area contributed by atoms with Crippen molar-refractivity contribution in [2.45, 2.75) is 38.8 Å². The van der Waals surface area contributed by atoms with Crippen LogP contribution in [0.25, 0.3) is 0 Å². The second kappa shape index (κ2) is 8.82. The molecule has 5 nitrogen and oxygen atoms in total. The predicted octanol–water partition coefficient (Wildman–Crippen LogP) is 2.55. The molecule has 3 rings (SSSR count). The largest absolute Gasteiger partial charge is 0.491 e. The lowest BCUT2D eigenvalue weighted by molar-refractivity contribution is -0.155. The molecular weight excluding hydrogens is 335 g/mol. The monoisotopic (exact) mass is 364 g/mol. The Labute approximate surface area is 155 Å². The molecule has 0 N–H and O–H groups in total. The molecule has 0 spiro atoms. The molecule has 1 atom stereocenters. The number of morpholine rings is 1. The summed E-state index contributed by atoms with van der Waals surface area (Å²) in [6, 6.07) is 6.25. The van der Waals surface area contributed by atoms with Gasteiger partial charge < -0.3 is 19.3 Å². The molecule has 1 aromatic carbocycles. The third-order valence-electron chi connectivity index (χ3n) is 5.03. The molecule has 6 heteroatoms. The smallest absolute Gasteiger partial charge is 0.248 e. The average Bonchev–Trinajstić information content (AvgIpc) is 2.63. The first-order valence-corrected chi connectivity index (χ1v) is 9.53. The van der Waals surface area contributed by atoms with E-state index >= 15 is 0 Å². The quantitative estimate of drug-likeness (QED) is 0.778. The van der Waals surface area contributed by atoms with Crippen molar-refractivity contribution in [3.05, 3.63) is 30.1 Å². The van der Waals surface area contributed by atoms with E-state index in [9.17, 15) is 9.18 Å². The van der Waals surface area contributed by atoms with E-state index in [0.29, 0.717) is 30.9 Å². The van der Waals surface area contributed by atoms with E-state index in [1.165, 1.54) is 12.1 Å². The molecule has 0 aromatic heterocycles. The molecule has 144 valence electrons. The number of piperidine rings is 1. The first-order valence-electron chi connectivity index (χ1n) is 9.53. The van der Waals surface area contributed by atoms with E-state index < -0.39 is 0 Å². The second-order valence-corrected chi connectivity index (χ2v) is 7.67. The number of hydrogen-bond donors (Lipinski definition) is 0. The van der Waals surface area contributed by atoms with Crippen molar-refractivity contribution in [2.24, 2.45) is 5.92 Å². The Hall–Kier alpha value is -1.66. The van der Waals surface area contributed by atoms with Crippen molar-refractivity contribution in [3.63, 3.8) is 0 Å². The van der Waals surface area contributed by atoms with Crippen molar-refractivity contribution in [1.29, 1.82) is 0 Å². The van der Waals surface area contributed by atoms with Crippen molar-refractivity contribution < 1.29 is 18.7 Å². The fourth-order valence-electron chi connectivity index (χ4n) is 3.75. The number of rotatable bonds is 6.